The number of likely N-dealkylation sites (tertiary alicyclic amines) is 1. The summed E-state index contributed by atoms with van der Waals surface area (Å²) in [6.07, 6.45) is 8.90. The number of carbonyl (C=O) groups excluding carboxylic acids is 1. The molecule has 0 unspecified atom stereocenters. The lowest BCUT2D eigenvalue weighted by molar-refractivity contribution is -0.134. The maximum absolute atomic E-state index is 13.3. The quantitative estimate of drug-likeness (QED) is 0.614. The predicted octanol–water partition coefficient (Wildman–Crippen LogP) is 4.46. The van der Waals surface area contributed by atoms with Gasteiger partial charge in [-0.3, -0.25) is 9.78 Å². The zero-order valence-electron chi connectivity index (χ0n) is 18.3. The predicted molar refractivity (Wildman–Crippen MR) is 120 cm³/mol. The van der Waals surface area contributed by atoms with Gasteiger partial charge in [-0.1, -0.05) is 12.1 Å². The van der Waals surface area contributed by atoms with E-state index in [9.17, 15) is 4.79 Å². The third kappa shape index (κ3) is 4.58. The second-order valence-corrected chi connectivity index (χ2v) is 8.03. The van der Waals surface area contributed by atoms with Crippen LogP contribution in [0.3, 0.4) is 0 Å². The minimum atomic E-state index is -0.0521. The Hall–Kier alpha value is -3.28. The maximum atomic E-state index is 13.3. The monoisotopic (exact) mass is 416 g/mol. The fourth-order valence-corrected chi connectivity index (χ4v) is 4.26. The number of aromatic nitrogens is 3. The van der Waals surface area contributed by atoms with Crippen molar-refractivity contribution in [3.63, 3.8) is 0 Å². The van der Waals surface area contributed by atoms with Gasteiger partial charge in [0.2, 0.25) is 5.91 Å². The fourth-order valence-electron chi connectivity index (χ4n) is 4.26. The highest BCUT2D eigenvalue weighted by Gasteiger charge is 2.31. The first-order valence-electron chi connectivity index (χ1n) is 10.7. The summed E-state index contributed by atoms with van der Waals surface area (Å²) in [7, 11) is 1.64. The summed E-state index contributed by atoms with van der Waals surface area (Å²) in [5.74, 6) is 1.64. The maximum Gasteiger partial charge on any atom is 0.227 e. The van der Waals surface area contributed by atoms with Crippen molar-refractivity contribution in [2.45, 2.75) is 45.6 Å². The van der Waals surface area contributed by atoms with E-state index in [0.717, 1.165) is 65.3 Å². The molecule has 6 nitrogen and oxygen atoms in total. The number of hydrogen-bond donors (Lipinski definition) is 0. The Kier molecular flexibility index (Phi) is 6.26. The molecule has 3 heterocycles. The van der Waals surface area contributed by atoms with E-state index in [2.05, 4.69) is 9.97 Å². The van der Waals surface area contributed by atoms with Crippen LogP contribution >= 0.6 is 0 Å². The number of hydrogen-bond acceptors (Lipinski definition) is 5. The number of carbonyl (C=O) groups is 1. The minimum Gasteiger partial charge on any atom is -0.497 e. The molecule has 0 spiro atoms. The van der Waals surface area contributed by atoms with Crippen LogP contribution in [0.1, 0.15) is 47.9 Å². The van der Waals surface area contributed by atoms with Crippen molar-refractivity contribution >= 4 is 5.91 Å². The SMILES string of the molecule is COc1ccc(CC(=O)N2CCCC[C@@H]2c2nc(C)ncc2-c2ccncc2C)cc1. The highest BCUT2D eigenvalue weighted by atomic mass is 16.5. The van der Waals surface area contributed by atoms with Crippen LogP contribution < -0.4 is 4.74 Å². The number of piperidine rings is 1. The molecule has 31 heavy (non-hydrogen) atoms. The van der Waals surface area contributed by atoms with E-state index in [0.29, 0.717) is 6.42 Å². The molecule has 1 fully saturated rings. The van der Waals surface area contributed by atoms with Gasteiger partial charge in [0.25, 0.3) is 0 Å². The highest BCUT2D eigenvalue weighted by molar-refractivity contribution is 5.80. The van der Waals surface area contributed by atoms with Crippen molar-refractivity contribution in [1.82, 2.24) is 19.9 Å². The Morgan fingerprint density at radius 2 is 1.90 bits per heavy atom. The van der Waals surface area contributed by atoms with Gasteiger partial charge in [0.15, 0.2) is 0 Å². The number of nitrogens with zero attached hydrogens (tertiary/aromatic N) is 4. The van der Waals surface area contributed by atoms with Crippen molar-refractivity contribution in [2.75, 3.05) is 13.7 Å². The number of ether oxygens (including phenoxy) is 1. The summed E-state index contributed by atoms with van der Waals surface area (Å²) >= 11 is 0. The molecule has 1 aliphatic heterocycles. The first-order chi connectivity index (χ1) is 15.1. The summed E-state index contributed by atoms with van der Waals surface area (Å²) in [5.41, 5.74) is 5.05. The Labute approximate surface area is 183 Å². The molecule has 2 aromatic heterocycles. The van der Waals surface area contributed by atoms with Gasteiger partial charge < -0.3 is 9.64 Å². The summed E-state index contributed by atoms with van der Waals surface area (Å²) in [6.45, 7) is 4.69. The van der Waals surface area contributed by atoms with E-state index in [1.165, 1.54) is 0 Å². The third-order valence-corrected chi connectivity index (χ3v) is 5.90. The van der Waals surface area contributed by atoms with Crippen molar-refractivity contribution in [3.05, 3.63) is 71.6 Å². The Bertz CT molecular complexity index is 1070. The van der Waals surface area contributed by atoms with E-state index in [-0.39, 0.29) is 11.9 Å². The van der Waals surface area contributed by atoms with Gasteiger partial charge in [-0.15, -0.1) is 0 Å². The van der Waals surface area contributed by atoms with Crippen molar-refractivity contribution in [1.29, 1.82) is 0 Å². The highest BCUT2D eigenvalue weighted by Crippen LogP contribution is 2.36. The molecule has 0 N–H and O–H groups in total. The normalized spacial score (nSPS) is 16.2. The van der Waals surface area contributed by atoms with E-state index in [1.54, 1.807) is 13.3 Å². The molecule has 3 aromatic rings. The summed E-state index contributed by atoms with van der Waals surface area (Å²) in [5, 5.41) is 0. The standard InChI is InChI=1S/C25H28N4O2/c1-17-15-26-12-11-21(17)22-16-27-18(2)28-25(22)23-6-4-5-13-29(23)24(30)14-19-7-9-20(31-3)10-8-19/h7-12,15-16,23H,4-6,13-14H2,1-3H3/t23-/m1/s1. The van der Waals surface area contributed by atoms with Gasteiger partial charge in [0, 0.05) is 30.7 Å². The van der Waals surface area contributed by atoms with E-state index >= 15 is 0 Å². The lowest BCUT2D eigenvalue weighted by Gasteiger charge is -2.36. The average Bonchev–Trinajstić information content (AvgIpc) is 2.80. The van der Waals surface area contributed by atoms with Gasteiger partial charge in [-0.25, -0.2) is 9.97 Å². The Balaban J connectivity index is 1.66. The number of rotatable bonds is 5. The van der Waals surface area contributed by atoms with Crippen LogP contribution in [0.25, 0.3) is 11.1 Å². The van der Waals surface area contributed by atoms with Gasteiger partial charge in [-0.05, 0) is 68.0 Å². The molecule has 0 bridgehead atoms. The summed E-state index contributed by atoms with van der Waals surface area (Å²) < 4.78 is 5.23. The molecule has 6 heteroatoms. The molecular weight excluding hydrogens is 388 g/mol. The van der Waals surface area contributed by atoms with Crippen LogP contribution in [0.2, 0.25) is 0 Å². The first-order valence-corrected chi connectivity index (χ1v) is 10.7. The fraction of sp³-hybridized carbons (Fsp3) is 0.360. The molecule has 160 valence electrons. The van der Waals surface area contributed by atoms with Gasteiger partial charge in [0.1, 0.15) is 11.6 Å². The van der Waals surface area contributed by atoms with E-state index < -0.39 is 0 Å². The topological polar surface area (TPSA) is 68.2 Å². The number of methoxy groups -OCH3 is 1. The number of benzene rings is 1. The zero-order chi connectivity index (χ0) is 21.8. The molecule has 0 aliphatic carbocycles. The Morgan fingerprint density at radius 1 is 1.10 bits per heavy atom. The minimum absolute atomic E-state index is 0.0521. The Morgan fingerprint density at radius 3 is 2.65 bits per heavy atom. The molecule has 1 aromatic carbocycles. The smallest absolute Gasteiger partial charge is 0.227 e. The molecule has 0 radical (unpaired) electrons. The molecule has 1 aliphatic rings. The van der Waals surface area contributed by atoms with Crippen LogP contribution in [-0.2, 0) is 11.2 Å². The summed E-state index contributed by atoms with van der Waals surface area (Å²) in [6, 6.07) is 9.65. The summed E-state index contributed by atoms with van der Waals surface area (Å²) in [4.78, 5) is 28.9. The molecule has 1 amide bonds. The largest absolute Gasteiger partial charge is 0.497 e. The van der Waals surface area contributed by atoms with Crippen LogP contribution in [-0.4, -0.2) is 39.4 Å². The number of pyridine rings is 1. The number of aryl methyl sites for hydroxylation is 2. The molecule has 4 rings (SSSR count). The van der Waals surface area contributed by atoms with Crippen LogP contribution in [0.4, 0.5) is 0 Å². The van der Waals surface area contributed by atoms with Crippen molar-refractivity contribution in [3.8, 4) is 16.9 Å². The van der Waals surface area contributed by atoms with Gasteiger partial charge in [-0.2, -0.15) is 0 Å². The molecule has 0 saturated carbocycles. The van der Waals surface area contributed by atoms with Crippen molar-refractivity contribution < 1.29 is 9.53 Å². The van der Waals surface area contributed by atoms with Gasteiger partial charge in [0.05, 0.1) is 25.3 Å². The average molecular weight is 417 g/mol. The van der Waals surface area contributed by atoms with E-state index in [1.807, 2.05) is 61.5 Å². The molecular formula is C25H28N4O2. The first kappa shape index (κ1) is 21.0. The second kappa shape index (κ2) is 9.25. The van der Waals surface area contributed by atoms with Crippen LogP contribution in [0, 0.1) is 13.8 Å². The lowest BCUT2D eigenvalue weighted by atomic mass is 9.92. The van der Waals surface area contributed by atoms with Crippen molar-refractivity contribution in [2.24, 2.45) is 0 Å². The van der Waals surface area contributed by atoms with Gasteiger partial charge >= 0.3 is 0 Å². The molecule has 1 saturated heterocycles. The zero-order valence-corrected chi connectivity index (χ0v) is 18.3. The van der Waals surface area contributed by atoms with E-state index in [4.69, 9.17) is 9.72 Å². The van der Waals surface area contributed by atoms with Crippen LogP contribution in [0.15, 0.2) is 48.9 Å². The second-order valence-electron chi connectivity index (χ2n) is 8.03. The third-order valence-electron chi connectivity index (χ3n) is 5.90. The van der Waals surface area contributed by atoms with Crippen LogP contribution in [0.5, 0.6) is 5.75 Å². The number of amides is 1. The lowest BCUT2D eigenvalue weighted by Crippen LogP contribution is -2.40. The molecule has 1 atom stereocenters.